The van der Waals surface area contributed by atoms with Gasteiger partial charge in [-0.25, -0.2) is 9.69 Å². The van der Waals surface area contributed by atoms with E-state index in [9.17, 15) is 14.4 Å². The summed E-state index contributed by atoms with van der Waals surface area (Å²) in [5.41, 5.74) is 3.96. The van der Waals surface area contributed by atoms with Crippen LogP contribution >= 0.6 is 11.6 Å². The van der Waals surface area contributed by atoms with Crippen LogP contribution in [0, 0.1) is 0 Å². The second-order valence-corrected chi connectivity index (χ2v) is 9.01. The molecular weight excluding hydrogens is 472 g/mol. The number of imide groups is 2. The molecule has 0 saturated carbocycles. The molecule has 0 unspecified atom stereocenters. The number of carbonyl (C=O) groups is 3. The monoisotopic (exact) mass is 494 g/mol. The molecule has 4 amide bonds. The van der Waals surface area contributed by atoms with Gasteiger partial charge in [-0.05, 0) is 70.1 Å². The van der Waals surface area contributed by atoms with E-state index in [1.807, 2.05) is 79.7 Å². The summed E-state index contributed by atoms with van der Waals surface area (Å²) in [6.07, 6.45) is 2.94. The summed E-state index contributed by atoms with van der Waals surface area (Å²) in [5.74, 6) is -1.38. The third-order valence-corrected chi connectivity index (χ3v) is 6.76. The Morgan fingerprint density at radius 2 is 1.56 bits per heavy atom. The molecule has 0 aromatic heterocycles. The molecule has 0 aliphatic carbocycles. The highest BCUT2D eigenvalue weighted by Crippen LogP contribution is 2.30. The van der Waals surface area contributed by atoms with Crippen molar-refractivity contribution < 1.29 is 14.4 Å². The number of amides is 4. The van der Waals surface area contributed by atoms with Gasteiger partial charge in [0.05, 0.1) is 5.69 Å². The number of benzene rings is 4. The van der Waals surface area contributed by atoms with Crippen molar-refractivity contribution >= 4 is 52.0 Å². The molecule has 4 aromatic rings. The van der Waals surface area contributed by atoms with E-state index in [2.05, 4.69) is 5.32 Å². The fourth-order valence-electron chi connectivity index (χ4n) is 4.43. The minimum absolute atomic E-state index is 0.106. The van der Waals surface area contributed by atoms with Crippen molar-refractivity contribution in [3.05, 3.63) is 118 Å². The number of aryl methyl sites for hydroxylation is 1. The Kier molecular flexibility index (Phi) is 6.40. The molecule has 5 rings (SSSR count). The lowest BCUT2D eigenvalue weighted by atomic mass is 9.92. The van der Waals surface area contributed by atoms with E-state index in [1.165, 1.54) is 0 Å². The van der Waals surface area contributed by atoms with Crippen molar-refractivity contribution in [3.8, 4) is 0 Å². The van der Waals surface area contributed by atoms with Gasteiger partial charge in [-0.1, -0.05) is 85.3 Å². The highest BCUT2D eigenvalue weighted by molar-refractivity contribution is 6.39. The van der Waals surface area contributed by atoms with Gasteiger partial charge in [0.1, 0.15) is 5.57 Å². The van der Waals surface area contributed by atoms with Gasteiger partial charge in [0.2, 0.25) is 0 Å². The Labute approximate surface area is 214 Å². The van der Waals surface area contributed by atoms with Gasteiger partial charge in [-0.3, -0.25) is 14.9 Å². The minimum Gasteiger partial charge on any atom is -0.273 e. The van der Waals surface area contributed by atoms with Gasteiger partial charge in [-0.15, -0.1) is 0 Å². The third-order valence-electron chi connectivity index (χ3n) is 6.39. The van der Waals surface area contributed by atoms with Crippen molar-refractivity contribution in [2.75, 3.05) is 4.90 Å². The first-order valence-electron chi connectivity index (χ1n) is 11.7. The van der Waals surface area contributed by atoms with Crippen LogP contribution in [0.1, 0.15) is 29.2 Å². The third kappa shape index (κ3) is 4.41. The maximum atomic E-state index is 13.5. The number of nitrogens with zero attached hydrogens (tertiary/aromatic N) is 1. The van der Waals surface area contributed by atoms with E-state index >= 15 is 0 Å². The number of halogens is 1. The van der Waals surface area contributed by atoms with Crippen LogP contribution < -0.4 is 10.2 Å². The highest BCUT2D eigenvalue weighted by atomic mass is 35.5. The first-order valence-corrected chi connectivity index (χ1v) is 12.1. The first kappa shape index (κ1) is 23.5. The molecule has 0 atom stereocenters. The quantitative estimate of drug-likeness (QED) is 0.261. The van der Waals surface area contributed by atoms with Gasteiger partial charge >= 0.3 is 6.03 Å². The molecule has 1 N–H and O–H groups in total. The fraction of sp³-hybridized carbons (Fsp3) is 0.100. The average molecular weight is 495 g/mol. The molecule has 36 heavy (non-hydrogen) atoms. The molecule has 1 aliphatic heterocycles. The van der Waals surface area contributed by atoms with Crippen LogP contribution in [0.2, 0.25) is 5.02 Å². The van der Waals surface area contributed by atoms with Gasteiger partial charge in [0.15, 0.2) is 0 Å². The molecule has 6 heteroatoms. The summed E-state index contributed by atoms with van der Waals surface area (Å²) in [6, 6.07) is 25.7. The van der Waals surface area contributed by atoms with Crippen molar-refractivity contribution in [2.45, 2.75) is 19.8 Å². The topological polar surface area (TPSA) is 66.5 Å². The number of hydrogen-bond donors (Lipinski definition) is 1. The number of fused-ring (bicyclic) bond motifs is 1. The first-order chi connectivity index (χ1) is 17.5. The van der Waals surface area contributed by atoms with E-state index in [0.717, 1.165) is 44.3 Å². The lowest BCUT2D eigenvalue weighted by Crippen LogP contribution is -2.54. The molecule has 1 fully saturated rings. The van der Waals surface area contributed by atoms with Crippen LogP contribution in [0.5, 0.6) is 0 Å². The molecule has 5 nitrogen and oxygen atoms in total. The van der Waals surface area contributed by atoms with Gasteiger partial charge in [0.25, 0.3) is 11.8 Å². The minimum atomic E-state index is -0.763. The van der Waals surface area contributed by atoms with E-state index in [1.54, 1.807) is 18.2 Å². The number of urea groups is 1. The average Bonchev–Trinajstić information content (AvgIpc) is 2.89. The summed E-state index contributed by atoms with van der Waals surface area (Å²) in [4.78, 5) is 40.1. The molecular formula is C30H23ClN2O3. The summed E-state index contributed by atoms with van der Waals surface area (Å²) >= 11 is 6.43. The predicted octanol–water partition coefficient (Wildman–Crippen LogP) is 6.31. The Hall–Kier alpha value is -4.22. The van der Waals surface area contributed by atoms with Gasteiger partial charge < -0.3 is 0 Å². The molecule has 1 heterocycles. The molecule has 0 radical (unpaired) electrons. The summed E-state index contributed by atoms with van der Waals surface area (Å²) in [6.45, 7) is 2.03. The van der Waals surface area contributed by atoms with Gasteiger partial charge in [0, 0.05) is 5.02 Å². The number of carbonyl (C=O) groups excluding carboxylic acids is 3. The Bertz CT molecular complexity index is 1540. The van der Waals surface area contributed by atoms with Crippen LogP contribution in [0.3, 0.4) is 0 Å². The number of barbiturate groups is 1. The van der Waals surface area contributed by atoms with Crippen molar-refractivity contribution in [1.82, 2.24) is 5.32 Å². The molecule has 0 spiro atoms. The van der Waals surface area contributed by atoms with E-state index < -0.39 is 17.8 Å². The van der Waals surface area contributed by atoms with Gasteiger partial charge in [-0.2, -0.15) is 0 Å². The maximum absolute atomic E-state index is 13.5. The molecule has 0 bridgehead atoms. The Morgan fingerprint density at radius 3 is 2.31 bits per heavy atom. The highest BCUT2D eigenvalue weighted by Gasteiger charge is 2.37. The lowest BCUT2D eigenvalue weighted by Gasteiger charge is -2.26. The van der Waals surface area contributed by atoms with Crippen LogP contribution in [0.4, 0.5) is 10.5 Å². The number of rotatable bonds is 5. The summed E-state index contributed by atoms with van der Waals surface area (Å²) in [5, 5.41) is 4.83. The molecule has 1 aliphatic rings. The molecule has 4 aromatic carbocycles. The second-order valence-electron chi connectivity index (χ2n) is 8.61. The normalized spacial score (nSPS) is 15.0. The van der Waals surface area contributed by atoms with Crippen LogP contribution in [-0.4, -0.2) is 17.8 Å². The molecule has 1 saturated heterocycles. The van der Waals surface area contributed by atoms with Crippen molar-refractivity contribution in [1.29, 1.82) is 0 Å². The fourth-order valence-corrected chi connectivity index (χ4v) is 4.63. The molecule has 178 valence electrons. The Morgan fingerprint density at radius 1 is 0.833 bits per heavy atom. The predicted molar refractivity (Wildman–Crippen MR) is 143 cm³/mol. The smallest absolute Gasteiger partial charge is 0.273 e. The zero-order valence-corrected chi connectivity index (χ0v) is 20.4. The van der Waals surface area contributed by atoms with Crippen molar-refractivity contribution in [3.63, 3.8) is 0 Å². The Balaban J connectivity index is 1.63. The van der Waals surface area contributed by atoms with Crippen LogP contribution in [0.15, 0.2) is 90.5 Å². The van der Waals surface area contributed by atoms with E-state index in [4.69, 9.17) is 11.6 Å². The zero-order valence-electron chi connectivity index (χ0n) is 19.6. The second kappa shape index (κ2) is 9.80. The zero-order chi connectivity index (χ0) is 25.2. The van der Waals surface area contributed by atoms with Crippen LogP contribution in [0.25, 0.3) is 16.8 Å². The lowest BCUT2D eigenvalue weighted by molar-refractivity contribution is -0.122. The van der Waals surface area contributed by atoms with Crippen molar-refractivity contribution in [2.24, 2.45) is 0 Å². The standard InChI is InChI=1S/C30H23ClN2O3/c1-2-19-11-15-23(16-12-19)33-29(35)26(28(34)32-30(33)36)18-25-21(17-22-8-4-6-10-27(22)31)14-13-20-7-3-5-9-24(20)25/h3-16,18H,2,17H2,1H3,(H,32,34,36)/b26-18+. The number of hydrogen-bond acceptors (Lipinski definition) is 3. The van der Waals surface area contributed by atoms with E-state index in [-0.39, 0.29) is 5.57 Å². The SMILES string of the molecule is CCc1ccc(N2C(=O)NC(=O)/C(=C\c3c(Cc4ccccc4Cl)ccc4ccccc34)C2=O)cc1. The largest absolute Gasteiger partial charge is 0.335 e. The summed E-state index contributed by atoms with van der Waals surface area (Å²) in [7, 11) is 0. The summed E-state index contributed by atoms with van der Waals surface area (Å²) < 4.78 is 0. The van der Waals surface area contributed by atoms with E-state index in [0.29, 0.717) is 17.1 Å². The number of nitrogens with one attached hydrogen (secondary N) is 1. The van der Waals surface area contributed by atoms with Crippen LogP contribution in [-0.2, 0) is 22.4 Å². The number of anilines is 1. The maximum Gasteiger partial charge on any atom is 0.335 e.